The molecule has 3 N–H and O–H groups in total. The summed E-state index contributed by atoms with van der Waals surface area (Å²) in [7, 11) is 0. The van der Waals surface area contributed by atoms with Crippen LogP contribution in [0.2, 0.25) is 0 Å². The minimum absolute atomic E-state index is 0.0435. The van der Waals surface area contributed by atoms with E-state index >= 15 is 0 Å². The van der Waals surface area contributed by atoms with E-state index in [2.05, 4.69) is 20.9 Å². The molecule has 0 spiro atoms. The molecule has 2 rings (SSSR count). The van der Waals surface area contributed by atoms with Gasteiger partial charge in [0.15, 0.2) is 0 Å². The Balaban J connectivity index is 3.05. The lowest BCUT2D eigenvalue weighted by atomic mass is 9.96. The van der Waals surface area contributed by atoms with Crippen molar-refractivity contribution in [2.24, 2.45) is 0 Å². The van der Waals surface area contributed by atoms with Crippen molar-refractivity contribution in [1.82, 2.24) is 4.98 Å². The topological polar surface area (TPSA) is 106 Å². The molecule has 21 heavy (non-hydrogen) atoms. The minimum atomic E-state index is -1.03. The zero-order chi connectivity index (χ0) is 15.7. The van der Waals surface area contributed by atoms with Gasteiger partial charge in [0, 0.05) is 21.7 Å². The molecule has 0 unspecified atom stereocenters. The molecule has 2 aromatic rings. The Morgan fingerprint density at radius 1 is 1.14 bits per heavy atom. The fourth-order valence-corrected chi connectivity index (χ4v) is 2.48. The van der Waals surface area contributed by atoms with Crippen LogP contribution in [0.4, 0.5) is 14.6 Å². The molecule has 0 fully saturated rings. The third-order valence-electron chi connectivity index (χ3n) is 2.73. The normalized spacial score (nSPS) is 9.95. The number of H-pyrrole nitrogens is 1. The molecule has 1 aromatic carbocycles. The molecule has 0 atom stereocenters. The Morgan fingerprint density at radius 2 is 1.76 bits per heavy atom. The average Bonchev–Trinajstić information content (AvgIpc) is 2.37. The second-order valence-electron chi connectivity index (χ2n) is 3.96. The van der Waals surface area contributed by atoms with E-state index in [1.807, 2.05) is 0 Å². The fraction of sp³-hybridized carbons (Fsp3) is 0. The van der Waals surface area contributed by atoms with E-state index in [4.69, 9.17) is 16.3 Å². The first-order valence-corrected chi connectivity index (χ1v) is 6.20. The summed E-state index contributed by atoms with van der Waals surface area (Å²) >= 11 is 2.96. The van der Waals surface area contributed by atoms with Crippen LogP contribution in [0.3, 0.4) is 0 Å². The van der Waals surface area contributed by atoms with Gasteiger partial charge in [-0.1, -0.05) is 0 Å². The van der Waals surface area contributed by atoms with Gasteiger partial charge in [0.1, 0.15) is 40.7 Å². The fourth-order valence-electron chi connectivity index (χ4n) is 1.87. The maximum atomic E-state index is 14.1. The summed E-state index contributed by atoms with van der Waals surface area (Å²) in [5.74, 6) is -2.18. The van der Waals surface area contributed by atoms with Crippen LogP contribution >= 0.6 is 15.9 Å². The van der Waals surface area contributed by atoms with Crippen LogP contribution in [0.15, 0.2) is 21.4 Å². The lowest BCUT2D eigenvalue weighted by Crippen LogP contribution is -2.16. The third kappa shape index (κ3) is 2.37. The number of hydrogen-bond donors (Lipinski definition) is 2. The number of aromatic amines is 1. The quantitative estimate of drug-likeness (QED) is 0.823. The Kier molecular flexibility index (Phi) is 3.74. The van der Waals surface area contributed by atoms with E-state index in [9.17, 15) is 13.6 Å². The minimum Gasteiger partial charge on any atom is -0.384 e. The zero-order valence-electron chi connectivity index (χ0n) is 10.2. The number of nitriles is 2. The van der Waals surface area contributed by atoms with Crippen LogP contribution in [-0.4, -0.2) is 4.98 Å². The van der Waals surface area contributed by atoms with Gasteiger partial charge >= 0.3 is 0 Å². The summed E-state index contributed by atoms with van der Waals surface area (Å²) in [5, 5.41) is 18.2. The van der Waals surface area contributed by atoms with Crippen molar-refractivity contribution in [3.05, 3.63) is 49.7 Å². The van der Waals surface area contributed by atoms with Crippen molar-refractivity contribution in [3.8, 4) is 23.3 Å². The molecule has 104 valence electrons. The second-order valence-corrected chi connectivity index (χ2v) is 4.82. The lowest BCUT2D eigenvalue weighted by Gasteiger charge is -2.11. The van der Waals surface area contributed by atoms with Crippen molar-refractivity contribution in [1.29, 1.82) is 10.5 Å². The van der Waals surface area contributed by atoms with Crippen LogP contribution in [0.1, 0.15) is 11.1 Å². The molecule has 0 saturated heterocycles. The molecular weight excluding hydrogens is 346 g/mol. The molecule has 0 saturated carbocycles. The highest BCUT2D eigenvalue weighted by atomic mass is 79.9. The summed E-state index contributed by atoms with van der Waals surface area (Å²) in [4.78, 5) is 13.9. The summed E-state index contributed by atoms with van der Waals surface area (Å²) in [6.45, 7) is 0. The van der Waals surface area contributed by atoms with Gasteiger partial charge in [-0.3, -0.25) is 4.79 Å². The maximum absolute atomic E-state index is 14.1. The number of aromatic nitrogens is 1. The van der Waals surface area contributed by atoms with E-state index in [-0.39, 0.29) is 27.0 Å². The second kappa shape index (κ2) is 5.35. The average molecular weight is 351 g/mol. The molecule has 0 bridgehead atoms. The number of benzene rings is 1. The molecule has 0 aliphatic heterocycles. The number of nitrogens with two attached hydrogens (primary N) is 1. The van der Waals surface area contributed by atoms with Gasteiger partial charge in [0.05, 0.1) is 0 Å². The number of nitrogens with one attached hydrogen (secondary N) is 1. The molecule has 0 amide bonds. The molecular formula is C13H5BrF2N4O. The molecule has 0 aliphatic carbocycles. The molecule has 0 radical (unpaired) electrons. The van der Waals surface area contributed by atoms with Crippen molar-refractivity contribution in [2.45, 2.75) is 0 Å². The zero-order valence-corrected chi connectivity index (χ0v) is 11.8. The van der Waals surface area contributed by atoms with Crippen LogP contribution in [0.5, 0.6) is 0 Å². The van der Waals surface area contributed by atoms with Gasteiger partial charge in [-0.05, 0) is 22.0 Å². The predicted molar refractivity (Wildman–Crippen MR) is 74.0 cm³/mol. The van der Waals surface area contributed by atoms with Gasteiger partial charge in [0.25, 0.3) is 5.56 Å². The molecule has 1 aromatic heterocycles. The van der Waals surface area contributed by atoms with Crippen LogP contribution in [-0.2, 0) is 0 Å². The number of pyridine rings is 1. The van der Waals surface area contributed by atoms with Gasteiger partial charge in [0.2, 0.25) is 0 Å². The van der Waals surface area contributed by atoms with Gasteiger partial charge in [-0.2, -0.15) is 10.5 Å². The standard InChI is InChI=1S/C13H5BrF2N4O/c14-8-1-5(15)2-9(16)11(8)10-6(3-17)12(19)20-13(21)7(10)4-18/h1-2H,(H3,19,20,21). The summed E-state index contributed by atoms with van der Waals surface area (Å²) in [6.07, 6.45) is 0. The number of rotatable bonds is 1. The molecule has 0 aliphatic rings. The highest BCUT2D eigenvalue weighted by Crippen LogP contribution is 2.36. The van der Waals surface area contributed by atoms with E-state index in [0.29, 0.717) is 6.07 Å². The molecule has 8 heteroatoms. The van der Waals surface area contributed by atoms with Crippen LogP contribution < -0.4 is 11.3 Å². The smallest absolute Gasteiger partial charge is 0.268 e. The highest BCUT2D eigenvalue weighted by Gasteiger charge is 2.23. The van der Waals surface area contributed by atoms with Gasteiger partial charge in [-0.25, -0.2) is 8.78 Å². The number of nitrogens with zero attached hydrogens (tertiary/aromatic N) is 2. The predicted octanol–water partition coefficient (Wildman–Crippen LogP) is 2.41. The lowest BCUT2D eigenvalue weighted by molar-refractivity contribution is 0.584. The number of nitrogen functional groups attached to an aromatic ring is 1. The Labute approximate surface area is 125 Å². The number of halogens is 3. The summed E-state index contributed by atoms with van der Waals surface area (Å²) in [5.41, 5.74) is 3.37. The Bertz CT molecular complexity index is 870. The largest absolute Gasteiger partial charge is 0.384 e. The monoisotopic (exact) mass is 350 g/mol. The SMILES string of the molecule is N#Cc1c(N)[nH]c(=O)c(C#N)c1-c1c(F)cc(F)cc1Br. The van der Waals surface area contributed by atoms with Gasteiger partial charge < -0.3 is 10.7 Å². The van der Waals surface area contributed by atoms with E-state index in [0.717, 1.165) is 6.07 Å². The van der Waals surface area contributed by atoms with Crippen LogP contribution in [0.25, 0.3) is 11.1 Å². The van der Waals surface area contributed by atoms with E-state index in [1.165, 1.54) is 0 Å². The van der Waals surface area contributed by atoms with Crippen molar-refractivity contribution in [3.63, 3.8) is 0 Å². The Morgan fingerprint density at radius 3 is 2.29 bits per heavy atom. The first-order valence-electron chi connectivity index (χ1n) is 5.41. The summed E-state index contributed by atoms with van der Waals surface area (Å²) < 4.78 is 27.2. The van der Waals surface area contributed by atoms with E-state index < -0.39 is 22.8 Å². The molecule has 1 heterocycles. The van der Waals surface area contributed by atoms with Gasteiger partial charge in [-0.15, -0.1) is 0 Å². The first-order chi connectivity index (χ1) is 9.90. The number of hydrogen-bond acceptors (Lipinski definition) is 4. The van der Waals surface area contributed by atoms with Crippen molar-refractivity contribution in [2.75, 3.05) is 5.73 Å². The molecule has 5 nitrogen and oxygen atoms in total. The van der Waals surface area contributed by atoms with Crippen molar-refractivity contribution < 1.29 is 8.78 Å². The highest BCUT2D eigenvalue weighted by molar-refractivity contribution is 9.10. The first kappa shape index (κ1) is 14.7. The van der Waals surface area contributed by atoms with Crippen LogP contribution in [0, 0.1) is 34.3 Å². The van der Waals surface area contributed by atoms with E-state index in [1.54, 1.807) is 12.1 Å². The van der Waals surface area contributed by atoms with Crippen molar-refractivity contribution >= 4 is 21.7 Å². The summed E-state index contributed by atoms with van der Waals surface area (Å²) in [6, 6.07) is 4.85. The number of anilines is 1. The Hall–Kier alpha value is -2.71. The maximum Gasteiger partial charge on any atom is 0.268 e. The third-order valence-corrected chi connectivity index (χ3v) is 3.35.